The first-order valence-electron chi connectivity index (χ1n) is 18.2. The number of aliphatic carboxylic acids is 3. The van der Waals surface area contributed by atoms with Gasteiger partial charge in [-0.25, -0.2) is 0 Å². The van der Waals surface area contributed by atoms with E-state index in [0.29, 0.717) is 19.4 Å². The molecule has 3 atom stereocenters. The summed E-state index contributed by atoms with van der Waals surface area (Å²) in [5, 5.41) is 57.1. The molecule has 0 aliphatic carbocycles. The molecule has 0 aromatic rings. The third-order valence-corrected chi connectivity index (χ3v) is 9.19. The van der Waals surface area contributed by atoms with Crippen molar-refractivity contribution in [1.29, 1.82) is 0 Å². The highest BCUT2D eigenvalue weighted by Crippen LogP contribution is 2.20. The van der Waals surface area contributed by atoms with Crippen molar-refractivity contribution in [3.63, 3.8) is 0 Å². The van der Waals surface area contributed by atoms with Crippen LogP contribution in [0.25, 0.3) is 0 Å². The Labute approximate surface area is 319 Å². The number of hydrogen-bond acceptors (Lipinski definition) is 14. The zero-order valence-electron chi connectivity index (χ0n) is 31.6. The molecule has 0 aromatic heterocycles. The minimum absolute atomic E-state index is 0.201. The quantitative estimate of drug-likeness (QED) is 0.0586. The molecule has 0 saturated carbocycles. The summed E-state index contributed by atoms with van der Waals surface area (Å²) in [5.41, 5.74) is 0. The fourth-order valence-corrected chi connectivity index (χ4v) is 6.21. The van der Waals surface area contributed by atoms with Crippen molar-refractivity contribution in [3.05, 3.63) is 0 Å². The summed E-state index contributed by atoms with van der Waals surface area (Å²) >= 11 is 0. The van der Waals surface area contributed by atoms with Gasteiger partial charge in [0.05, 0.1) is 45.3 Å². The van der Waals surface area contributed by atoms with E-state index in [1.54, 1.807) is 33.4 Å². The number of nitrogens with one attached hydrogen (secondary N) is 4. The van der Waals surface area contributed by atoms with E-state index in [9.17, 15) is 63.9 Å². The summed E-state index contributed by atoms with van der Waals surface area (Å²) in [5.74, 6) is -6.80. The van der Waals surface area contributed by atoms with Gasteiger partial charge in [0.2, 0.25) is 29.5 Å². The van der Waals surface area contributed by atoms with Crippen LogP contribution >= 0.6 is 0 Å². The van der Waals surface area contributed by atoms with E-state index in [1.807, 2.05) is 0 Å². The van der Waals surface area contributed by atoms with Crippen LogP contribution in [0.4, 0.5) is 0 Å². The molecule has 2 saturated heterocycles. The van der Waals surface area contributed by atoms with Crippen LogP contribution in [0.2, 0.25) is 0 Å². The Balaban J connectivity index is 1.91. The molecule has 0 aromatic carbocycles. The lowest BCUT2D eigenvalue weighted by Gasteiger charge is -2.32. The smallest absolute Gasteiger partial charge is 0.317 e. The molecule has 2 fully saturated rings. The average molecular weight is 788 g/mol. The summed E-state index contributed by atoms with van der Waals surface area (Å²) in [6.07, 6.45) is -0.727. The van der Waals surface area contributed by atoms with Gasteiger partial charge in [-0.15, -0.1) is 0 Å². The van der Waals surface area contributed by atoms with Gasteiger partial charge in [0.1, 0.15) is 12.1 Å². The van der Waals surface area contributed by atoms with E-state index < -0.39 is 90.9 Å². The highest BCUT2D eigenvalue weighted by Gasteiger charge is 2.36. The van der Waals surface area contributed by atoms with E-state index >= 15 is 0 Å². The molecule has 0 spiro atoms. The number of likely N-dealkylation sites (tertiary alicyclic amines) is 1. The largest absolute Gasteiger partial charge is 0.480 e. The minimum Gasteiger partial charge on any atom is -0.480 e. The maximum atomic E-state index is 13.0. The Morgan fingerprint density at radius 3 is 1.42 bits per heavy atom. The summed E-state index contributed by atoms with van der Waals surface area (Å²) in [4.78, 5) is 106. The van der Waals surface area contributed by atoms with Gasteiger partial charge >= 0.3 is 17.9 Å². The second kappa shape index (κ2) is 23.4. The monoisotopic (exact) mass is 787 g/mol. The predicted molar refractivity (Wildman–Crippen MR) is 192 cm³/mol. The molecular formula is C33H57N9O13. The average Bonchev–Trinajstić information content (AvgIpc) is 3.59. The van der Waals surface area contributed by atoms with E-state index in [1.165, 1.54) is 11.8 Å². The molecular weight excluding hydrogens is 730 g/mol. The van der Waals surface area contributed by atoms with E-state index in [2.05, 4.69) is 21.3 Å². The van der Waals surface area contributed by atoms with Crippen molar-refractivity contribution in [2.75, 3.05) is 98.2 Å². The Bertz CT molecular complexity index is 1320. The van der Waals surface area contributed by atoms with E-state index in [0.717, 1.165) is 0 Å². The zero-order chi connectivity index (χ0) is 41.2. The second-order valence-electron chi connectivity index (χ2n) is 14.0. The summed E-state index contributed by atoms with van der Waals surface area (Å²) < 4.78 is 0. The van der Waals surface area contributed by atoms with Gasteiger partial charge in [-0.05, 0) is 25.7 Å². The molecule has 312 valence electrons. The predicted octanol–water partition coefficient (Wildman–Crippen LogP) is -5.36. The number of carboxylic acid groups (broad SMARTS) is 3. The van der Waals surface area contributed by atoms with Crippen LogP contribution in [0.15, 0.2) is 0 Å². The first kappa shape index (κ1) is 46.7. The van der Waals surface area contributed by atoms with Crippen LogP contribution in [-0.4, -0.2) is 220 Å². The van der Waals surface area contributed by atoms with Crippen LogP contribution in [0.3, 0.4) is 0 Å². The van der Waals surface area contributed by atoms with Gasteiger partial charge in [-0.1, -0.05) is 13.8 Å². The van der Waals surface area contributed by atoms with Crippen molar-refractivity contribution in [3.8, 4) is 0 Å². The van der Waals surface area contributed by atoms with Crippen molar-refractivity contribution < 1.29 is 63.9 Å². The number of rotatable bonds is 18. The fraction of sp³-hybridized carbons (Fsp3) is 0.758. The van der Waals surface area contributed by atoms with Crippen LogP contribution in [0.1, 0.15) is 33.6 Å². The number of aliphatic hydroxyl groups excluding tert-OH is 1. The highest BCUT2D eigenvalue weighted by atomic mass is 16.5. The summed E-state index contributed by atoms with van der Waals surface area (Å²) in [6.45, 7) is 4.59. The molecule has 5 amide bonds. The lowest BCUT2D eigenvalue weighted by Crippen LogP contribution is -2.57. The van der Waals surface area contributed by atoms with Gasteiger partial charge in [-0.3, -0.25) is 58.0 Å². The number of nitrogens with zero attached hydrogens (tertiary/aromatic N) is 5. The molecule has 2 rings (SSSR count). The molecule has 0 radical (unpaired) electrons. The number of carbonyl (C=O) groups is 8. The fourth-order valence-electron chi connectivity index (χ4n) is 6.21. The van der Waals surface area contributed by atoms with Gasteiger partial charge in [0.15, 0.2) is 6.29 Å². The van der Waals surface area contributed by atoms with E-state index in [4.69, 9.17) is 0 Å². The first-order chi connectivity index (χ1) is 25.9. The van der Waals surface area contributed by atoms with Crippen molar-refractivity contribution in [2.45, 2.75) is 58.0 Å². The maximum Gasteiger partial charge on any atom is 0.317 e. The second-order valence-corrected chi connectivity index (χ2v) is 14.0. The van der Waals surface area contributed by atoms with Crippen molar-refractivity contribution >= 4 is 47.4 Å². The SMILES string of the molecule is CC(C)[C@H](NC(=O)CNC(=O)CNC(=O)CN1CCN(CC(=O)O)CCN(CC(=O)O)CCN(CC(=O)O)CC1)C(=O)N[C@H](C)C(=O)N1CCCC1C(O)O. The van der Waals surface area contributed by atoms with Crippen molar-refractivity contribution in [2.24, 2.45) is 5.92 Å². The van der Waals surface area contributed by atoms with Crippen LogP contribution in [-0.2, 0) is 38.4 Å². The number of carbonyl (C=O) groups excluding carboxylic acids is 5. The normalized spacial score (nSPS) is 19.5. The minimum atomic E-state index is -1.72. The molecule has 0 bridgehead atoms. The molecule has 2 aliphatic heterocycles. The summed E-state index contributed by atoms with van der Waals surface area (Å²) in [6, 6.07) is -2.87. The third-order valence-electron chi connectivity index (χ3n) is 9.19. The van der Waals surface area contributed by atoms with E-state index in [-0.39, 0.29) is 78.5 Å². The molecule has 22 heteroatoms. The van der Waals surface area contributed by atoms with Gasteiger partial charge < -0.3 is 51.7 Å². The van der Waals surface area contributed by atoms with Gasteiger partial charge in [-0.2, -0.15) is 0 Å². The molecule has 2 heterocycles. The van der Waals surface area contributed by atoms with Crippen LogP contribution in [0.5, 0.6) is 0 Å². The number of aliphatic hydroxyl groups is 2. The molecule has 2 aliphatic rings. The number of carboxylic acids is 3. The Hall–Kier alpha value is -4.48. The van der Waals surface area contributed by atoms with Gasteiger partial charge in [0.25, 0.3) is 0 Å². The topological polar surface area (TPSA) is 302 Å². The third kappa shape index (κ3) is 17.7. The Morgan fingerprint density at radius 2 is 1.00 bits per heavy atom. The first-order valence-corrected chi connectivity index (χ1v) is 18.2. The molecule has 1 unspecified atom stereocenters. The Morgan fingerprint density at radius 1 is 0.582 bits per heavy atom. The Kier molecular flexibility index (Phi) is 19.9. The molecule has 55 heavy (non-hydrogen) atoms. The molecule has 22 nitrogen and oxygen atoms in total. The van der Waals surface area contributed by atoms with Gasteiger partial charge in [0, 0.05) is 58.9 Å². The molecule has 9 N–H and O–H groups in total. The summed E-state index contributed by atoms with van der Waals surface area (Å²) in [7, 11) is 0. The van der Waals surface area contributed by atoms with Crippen molar-refractivity contribution in [1.82, 2.24) is 45.8 Å². The standard InChI is InChI=1S/C33H57N9O13/c1-21(2)30(31(52)36-22(3)32(53)42-6-4-5-23(42)33(54)55)37-25(44)16-34-24(43)15-35-26(45)17-38-7-9-39(18-27(46)47)11-13-41(20-29(50)51)14-12-40(10-8-38)19-28(48)49/h21-23,30,33,54-55H,4-20H2,1-3H3,(H,34,43)(H,35,45)(H,36,52)(H,37,44)(H,46,47)(H,48,49)(H,50,51)/t22-,23?,30+/m1/s1. The lowest BCUT2D eigenvalue weighted by atomic mass is 10.0. The van der Waals surface area contributed by atoms with Crippen LogP contribution in [0, 0.1) is 5.92 Å². The number of hydrogen-bond donors (Lipinski definition) is 9. The highest BCUT2D eigenvalue weighted by molar-refractivity contribution is 5.93. The number of amides is 5. The lowest BCUT2D eigenvalue weighted by molar-refractivity contribution is -0.146. The maximum absolute atomic E-state index is 13.0. The van der Waals surface area contributed by atoms with Crippen LogP contribution < -0.4 is 21.3 Å². The zero-order valence-corrected chi connectivity index (χ0v) is 31.6.